The molecule has 0 aliphatic carbocycles. The molecule has 0 radical (unpaired) electrons. The van der Waals surface area contributed by atoms with E-state index in [2.05, 4.69) is 22.8 Å². The average Bonchev–Trinajstić information content (AvgIpc) is 3.46. The number of imidazole rings is 1. The van der Waals surface area contributed by atoms with Crippen LogP contribution in [-0.2, 0) is 4.74 Å². The molecule has 0 unspecified atom stereocenters. The zero-order valence-electron chi connectivity index (χ0n) is 16.1. The Morgan fingerprint density at radius 1 is 1.14 bits per heavy atom. The van der Waals surface area contributed by atoms with Crippen molar-refractivity contribution in [1.82, 2.24) is 14.5 Å². The third kappa shape index (κ3) is 3.14. The predicted octanol–water partition coefficient (Wildman–Crippen LogP) is 4.74. The molecular weight excluding hydrogens is 370 g/mol. The molecule has 2 aliphatic rings. The number of amides is 1. The molecule has 1 aromatic carbocycles. The van der Waals surface area contributed by atoms with Gasteiger partial charge in [0.2, 0.25) is 0 Å². The Labute approximate surface area is 168 Å². The topological polar surface area (TPSA) is 47.4 Å². The van der Waals surface area contributed by atoms with Crippen LogP contribution in [0.15, 0.2) is 36.4 Å². The van der Waals surface area contributed by atoms with E-state index in [1.54, 1.807) is 11.3 Å². The number of benzene rings is 1. The fourth-order valence-electron chi connectivity index (χ4n) is 4.49. The maximum absolute atomic E-state index is 12.8. The van der Waals surface area contributed by atoms with Crippen molar-refractivity contribution < 1.29 is 9.53 Å². The molecule has 5 nitrogen and oxygen atoms in total. The lowest BCUT2D eigenvalue weighted by molar-refractivity contribution is 0.0687. The van der Waals surface area contributed by atoms with Crippen LogP contribution in [0, 0.1) is 6.92 Å². The van der Waals surface area contributed by atoms with Crippen LogP contribution in [0.5, 0.6) is 0 Å². The molecule has 28 heavy (non-hydrogen) atoms. The molecule has 2 fully saturated rings. The summed E-state index contributed by atoms with van der Waals surface area (Å²) in [6.45, 7) is 4.45. The number of piperidine rings is 1. The van der Waals surface area contributed by atoms with Crippen molar-refractivity contribution in [3.63, 3.8) is 0 Å². The number of carbonyl (C=O) groups is 1. The molecule has 146 valence electrons. The number of para-hydroxylation sites is 2. The van der Waals surface area contributed by atoms with E-state index < -0.39 is 0 Å². The van der Waals surface area contributed by atoms with Crippen molar-refractivity contribution >= 4 is 28.3 Å². The summed E-state index contributed by atoms with van der Waals surface area (Å²) in [4.78, 5) is 21.8. The number of thiophene rings is 1. The zero-order chi connectivity index (χ0) is 19.1. The minimum absolute atomic E-state index is 0.0983. The first-order chi connectivity index (χ1) is 13.7. The van der Waals surface area contributed by atoms with E-state index in [-0.39, 0.29) is 12.0 Å². The summed E-state index contributed by atoms with van der Waals surface area (Å²) in [5.74, 6) is 1.24. The van der Waals surface area contributed by atoms with E-state index in [1.807, 2.05) is 30.0 Å². The molecule has 2 saturated heterocycles. The number of hydrogen-bond donors (Lipinski definition) is 0. The van der Waals surface area contributed by atoms with Gasteiger partial charge in [0.05, 0.1) is 15.9 Å². The van der Waals surface area contributed by atoms with Crippen molar-refractivity contribution in [3.05, 3.63) is 52.0 Å². The number of aromatic nitrogens is 2. The highest BCUT2D eigenvalue weighted by Gasteiger charge is 2.31. The molecule has 1 atom stereocenters. The van der Waals surface area contributed by atoms with E-state index in [4.69, 9.17) is 9.72 Å². The molecule has 3 aromatic rings. The summed E-state index contributed by atoms with van der Waals surface area (Å²) in [7, 11) is 0. The number of nitrogens with zero attached hydrogens (tertiary/aromatic N) is 3. The number of fused-ring (bicyclic) bond motifs is 1. The van der Waals surface area contributed by atoms with Gasteiger partial charge in [0.25, 0.3) is 5.91 Å². The molecule has 2 aromatic heterocycles. The van der Waals surface area contributed by atoms with Crippen LogP contribution >= 0.6 is 11.3 Å². The number of ether oxygens (including phenoxy) is 1. The third-order valence-corrected chi connectivity index (χ3v) is 6.90. The van der Waals surface area contributed by atoms with Gasteiger partial charge in [-0.1, -0.05) is 12.1 Å². The first-order valence-electron chi connectivity index (χ1n) is 10.1. The number of hydrogen-bond acceptors (Lipinski definition) is 4. The third-order valence-electron chi connectivity index (χ3n) is 5.91. The highest BCUT2D eigenvalue weighted by Crippen LogP contribution is 2.36. The van der Waals surface area contributed by atoms with Gasteiger partial charge in [0.15, 0.2) is 0 Å². The van der Waals surface area contributed by atoms with Crippen LogP contribution in [0.1, 0.15) is 58.2 Å². The fourth-order valence-corrected chi connectivity index (χ4v) is 5.32. The van der Waals surface area contributed by atoms with Crippen LogP contribution in [0.4, 0.5) is 0 Å². The van der Waals surface area contributed by atoms with Gasteiger partial charge >= 0.3 is 0 Å². The zero-order valence-corrected chi connectivity index (χ0v) is 17.0. The summed E-state index contributed by atoms with van der Waals surface area (Å²) < 4.78 is 8.38. The van der Waals surface area contributed by atoms with Crippen LogP contribution in [-0.4, -0.2) is 40.1 Å². The van der Waals surface area contributed by atoms with E-state index in [0.717, 1.165) is 61.6 Å². The van der Waals surface area contributed by atoms with Gasteiger partial charge in [-0.15, -0.1) is 11.3 Å². The Hall–Kier alpha value is -2.18. The summed E-state index contributed by atoms with van der Waals surface area (Å²) in [5, 5.41) is 0. The maximum Gasteiger partial charge on any atom is 0.263 e. The van der Waals surface area contributed by atoms with Crippen molar-refractivity contribution in [3.8, 4) is 0 Å². The number of carbonyl (C=O) groups excluding carboxylic acids is 1. The molecule has 1 amide bonds. The summed E-state index contributed by atoms with van der Waals surface area (Å²) in [5.41, 5.74) is 2.23. The summed E-state index contributed by atoms with van der Waals surface area (Å²) in [6, 6.07) is 12.7. The molecule has 0 saturated carbocycles. The molecule has 0 spiro atoms. The van der Waals surface area contributed by atoms with Gasteiger partial charge in [-0.2, -0.15) is 0 Å². The minimum atomic E-state index is 0.0983. The smallest absolute Gasteiger partial charge is 0.263 e. The summed E-state index contributed by atoms with van der Waals surface area (Å²) >= 11 is 1.59. The van der Waals surface area contributed by atoms with Crippen molar-refractivity contribution in [2.75, 3.05) is 19.7 Å². The fraction of sp³-hybridized carbons (Fsp3) is 0.455. The molecule has 4 heterocycles. The lowest BCUT2D eigenvalue weighted by Crippen LogP contribution is -2.39. The van der Waals surface area contributed by atoms with Crippen molar-refractivity contribution in [2.24, 2.45) is 0 Å². The molecule has 0 bridgehead atoms. The van der Waals surface area contributed by atoms with Crippen LogP contribution < -0.4 is 0 Å². The standard InChI is InChI=1S/C22H25N3O2S/c1-15-8-9-20(28-15)22(26)24-12-10-16(11-13-24)25-18-6-3-2-5-17(18)23-21(25)19-7-4-14-27-19/h2-3,5-6,8-9,16,19H,4,7,10-14H2,1H3/t19-/m1/s1. The number of likely N-dealkylation sites (tertiary alicyclic amines) is 1. The van der Waals surface area contributed by atoms with E-state index in [0.29, 0.717) is 6.04 Å². The van der Waals surface area contributed by atoms with Crippen LogP contribution in [0.25, 0.3) is 11.0 Å². The Morgan fingerprint density at radius 3 is 2.68 bits per heavy atom. The quantitative estimate of drug-likeness (QED) is 0.644. The van der Waals surface area contributed by atoms with Gasteiger partial charge in [0.1, 0.15) is 11.9 Å². The highest BCUT2D eigenvalue weighted by molar-refractivity contribution is 7.13. The highest BCUT2D eigenvalue weighted by atomic mass is 32.1. The van der Waals surface area contributed by atoms with Crippen molar-refractivity contribution in [2.45, 2.75) is 44.8 Å². The second-order valence-electron chi connectivity index (χ2n) is 7.76. The monoisotopic (exact) mass is 395 g/mol. The first-order valence-corrected chi connectivity index (χ1v) is 11.0. The maximum atomic E-state index is 12.8. The van der Waals surface area contributed by atoms with Gasteiger partial charge < -0.3 is 14.2 Å². The van der Waals surface area contributed by atoms with Gasteiger partial charge in [-0.05, 0) is 56.9 Å². The largest absolute Gasteiger partial charge is 0.370 e. The SMILES string of the molecule is Cc1ccc(C(=O)N2CCC(n3c([C@H]4CCCO4)nc4ccccc43)CC2)s1. The number of aryl methyl sites for hydroxylation is 1. The first kappa shape index (κ1) is 17.9. The Bertz CT molecular complexity index is 994. The molecule has 6 heteroatoms. The minimum Gasteiger partial charge on any atom is -0.370 e. The normalized spacial score (nSPS) is 20.9. The van der Waals surface area contributed by atoms with E-state index >= 15 is 0 Å². The van der Waals surface area contributed by atoms with Gasteiger partial charge in [-0.25, -0.2) is 4.98 Å². The van der Waals surface area contributed by atoms with Gasteiger partial charge in [0, 0.05) is 30.6 Å². The molecule has 0 N–H and O–H groups in total. The molecule has 5 rings (SSSR count). The van der Waals surface area contributed by atoms with Gasteiger partial charge in [-0.3, -0.25) is 4.79 Å². The van der Waals surface area contributed by atoms with E-state index in [9.17, 15) is 4.79 Å². The van der Waals surface area contributed by atoms with Crippen LogP contribution in [0.2, 0.25) is 0 Å². The second-order valence-corrected chi connectivity index (χ2v) is 9.05. The Kier molecular flexibility index (Phi) is 4.69. The Balaban J connectivity index is 1.39. The number of rotatable bonds is 3. The van der Waals surface area contributed by atoms with Crippen molar-refractivity contribution in [1.29, 1.82) is 0 Å². The lowest BCUT2D eigenvalue weighted by atomic mass is 10.0. The average molecular weight is 396 g/mol. The lowest BCUT2D eigenvalue weighted by Gasteiger charge is -2.34. The second kappa shape index (κ2) is 7.33. The Morgan fingerprint density at radius 2 is 1.96 bits per heavy atom. The summed E-state index contributed by atoms with van der Waals surface area (Å²) in [6.07, 6.45) is 4.15. The van der Waals surface area contributed by atoms with E-state index in [1.165, 1.54) is 10.4 Å². The predicted molar refractivity (Wildman–Crippen MR) is 111 cm³/mol. The molecular formula is C22H25N3O2S. The van der Waals surface area contributed by atoms with Crippen LogP contribution in [0.3, 0.4) is 0 Å². The molecule has 2 aliphatic heterocycles.